The van der Waals surface area contributed by atoms with Crippen LogP contribution < -0.4 is 15.6 Å². The van der Waals surface area contributed by atoms with Crippen LogP contribution in [0, 0.1) is 0 Å². The third-order valence-electron chi connectivity index (χ3n) is 5.39. The topological polar surface area (TPSA) is 126 Å². The molecule has 1 aliphatic carbocycles. The van der Waals surface area contributed by atoms with Crippen molar-refractivity contribution in [2.45, 2.75) is 25.7 Å². The van der Waals surface area contributed by atoms with Crippen LogP contribution in [0.5, 0.6) is 5.75 Å². The van der Waals surface area contributed by atoms with Crippen molar-refractivity contribution >= 4 is 39.0 Å². The summed E-state index contributed by atoms with van der Waals surface area (Å²) in [6, 6.07) is 8.33. The Morgan fingerprint density at radius 1 is 1.29 bits per heavy atom. The number of hydrogen-bond donors (Lipinski definition) is 1. The number of fused-ring (bicyclic) bond motifs is 1. The van der Waals surface area contributed by atoms with E-state index in [1.54, 1.807) is 42.6 Å². The molecule has 0 atom stereocenters. The van der Waals surface area contributed by atoms with Gasteiger partial charge in [0.1, 0.15) is 16.5 Å². The van der Waals surface area contributed by atoms with Crippen LogP contribution in [0.15, 0.2) is 45.0 Å². The highest BCUT2D eigenvalue weighted by molar-refractivity contribution is 7.16. The van der Waals surface area contributed by atoms with Crippen LogP contribution in [0.4, 0.5) is 5.00 Å². The summed E-state index contributed by atoms with van der Waals surface area (Å²) in [5.74, 6) is 0.312. The van der Waals surface area contributed by atoms with Crippen LogP contribution in [0.1, 0.15) is 52.4 Å². The number of nitrogens with one attached hydrogen (secondary N) is 1. The summed E-state index contributed by atoms with van der Waals surface area (Å²) in [5, 5.41) is 13.2. The zero-order chi connectivity index (χ0) is 23.8. The smallest absolute Gasteiger partial charge is 0.359 e. The number of aromatic nitrogens is 3. The maximum absolute atomic E-state index is 13.5. The lowest BCUT2D eigenvalue weighted by molar-refractivity contribution is 0.0520. The lowest BCUT2D eigenvalue weighted by Crippen LogP contribution is -2.25. The number of carbonyl (C=O) groups is 2. The Hall–Kier alpha value is -3.99. The Morgan fingerprint density at radius 3 is 2.85 bits per heavy atom. The van der Waals surface area contributed by atoms with Gasteiger partial charge in [-0.3, -0.25) is 9.59 Å². The fourth-order valence-electron chi connectivity index (χ4n) is 3.53. The lowest BCUT2D eigenvalue weighted by Gasteiger charge is -2.10. The number of nitrogens with zero attached hydrogens (tertiary/aromatic N) is 3. The molecule has 4 aromatic rings. The van der Waals surface area contributed by atoms with E-state index in [-0.39, 0.29) is 28.4 Å². The largest absolute Gasteiger partial charge is 0.497 e. The van der Waals surface area contributed by atoms with Gasteiger partial charge in [0.05, 0.1) is 24.8 Å². The molecule has 174 valence electrons. The number of carbonyl (C=O) groups excluding carboxylic acids is 2. The zero-order valence-electron chi connectivity index (χ0n) is 18.4. The molecule has 3 heterocycles. The molecule has 34 heavy (non-hydrogen) atoms. The summed E-state index contributed by atoms with van der Waals surface area (Å²) in [7, 11) is 1.51. The second kappa shape index (κ2) is 8.75. The van der Waals surface area contributed by atoms with Gasteiger partial charge in [-0.25, -0.2) is 4.79 Å². The van der Waals surface area contributed by atoms with Crippen molar-refractivity contribution in [2.24, 2.45) is 0 Å². The number of rotatable bonds is 7. The highest BCUT2D eigenvalue weighted by Gasteiger charge is 2.29. The van der Waals surface area contributed by atoms with Gasteiger partial charge in [-0.05, 0) is 31.9 Å². The minimum atomic E-state index is -0.676. The average Bonchev–Trinajstić information content (AvgIpc) is 3.42. The fraction of sp³-hybridized carbons (Fsp3) is 0.261. The molecule has 0 spiro atoms. The molecular formula is C23H20N4O6S. The SMILES string of the molecule is CCOC(=O)c1nn(-c2cccc(OC)c2)c(=O)c2c(NC(=O)c3cc(C4CC4)on3)scc12. The van der Waals surface area contributed by atoms with Crippen molar-refractivity contribution in [1.29, 1.82) is 0 Å². The lowest BCUT2D eigenvalue weighted by atomic mass is 10.2. The van der Waals surface area contributed by atoms with E-state index in [2.05, 4.69) is 15.6 Å². The Morgan fingerprint density at radius 2 is 2.12 bits per heavy atom. The molecule has 1 aromatic carbocycles. The summed E-state index contributed by atoms with van der Waals surface area (Å²) in [6.07, 6.45) is 2.03. The van der Waals surface area contributed by atoms with Gasteiger partial charge < -0.3 is 19.3 Å². The van der Waals surface area contributed by atoms with Crippen LogP contribution in [-0.4, -0.2) is 40.5 Å². The highest BCUT2D eigenvalue weighted by atomic mass is 32.1. The molecule has 0 aliphatic heterocycles. The van der Waals surface area contributed by atoms with Crippen molar-refractivity contribution in [3.63, 3.8) is 0 Å². The van der Waals surface area contributed by atoms with Crippen LogP contribution in [0.3, 0.4) is 0 Å². The predicted octanol–water partition coefficient (Wildman–Crippen LogP) is 3.75. The molecule has 0 radical (unpaired) electrons. The normalized spacial score (nSPS) is 13.1. The third-order valence-corrected chi connectivity index (χ3v) is 6.28. The number of benzene rings is 1. The van der Waals surface area contributed by atoms with Gasteiger partial charge in [0.2, 0.25) is 0 Å². The number of esters is 1. The van der Waals surface area contributed by atoms with E-state index in [1.807, 2.05) is 0 Å². The minimum Gasteiger partial charge on any atom is -0.497 e. The first-order valence-electron chi connectivity index (χ1n) is 10.6. The van der Waals surface area contributed by atoms with Gasteiger partial charge in [-0.15, -0.1) is 11.3 Å². The second-order valence-corrected chi connectivity index (χ2v) is 8.56. The number of anilines is 1. The van der Waals surface area contributed by atoms with E-state index in [4.69, 9.17) is 14.0 Å². The van der Waals surface area contributed by atoms with Gasteiger partial charge in [0, 0.05) is 28.8 Å². The monoisotopic (exact) mass is 480 g/mol. The Balaban J connectivity index is 1.61. The first kappa shape index (κ1) is 21.8. The number of hydrogen-bond acceptors (Lipinski definition) is 9. The Kier molecular flexibility index (Phi) is 5.62. The molecule has 0 bridgehead atoms. The fourth-order valence-corrected chi connectivity index (χ4v) is 4.46. The Bertz CT molecular complexity index is 1470. The van der Waals surface area contributed by atoms with Crippen molar-refractivity contribution in [3.8, 4) is 11.4 Å². The van der Waals surface area contributed by atoms with Gasteiger partial charge in [0.15, 0.2) is 11.4 Å². The first-order valence-corrected chi connectivity index (χ1v) is 11.5. The molecule has 1 saturated carbocycles. The predicted molar refractivity (Wildman–Crippen MR) is 124 cm³/mol. The summed E-state index contributed by atoms with van der Waals surface area (Å²) in [4.78, 5) is 39.0. The van der Waals surface area contributed by atoms with Crippen LogP contribution >= 0.6 is 11.3 Å². The maximum atomic E-state index is 13.5. The Labute approximate surface area is 197 Å². The average molecular weight is 481 g/mol. The quantitative estimate of drug-likeness (QED) is 0.397. The zero-order valence-corrected chi connectivity index (χ0v) is 19.2. The summed E-state index contributed by atoms with van der Waals surface area (Å²) in [6.45, 7) is 1.82. The maximum Gasteiger partial charge on any atom is 0.359 e. The number of methoxy groups -OCH3 is 1. The summed E-state index contributed by atoms with van der Waals surface area (Å²) < 4.78 is 16.8. The second-order valence-electron chi connectivity index (χ2n) is 7.68. The number of ether oxygens (including phenoxy) is 2. The summed E-state index contributed by atoms with van der Waals surface area (Å²) in [5.41, 5.74) is -0.0257. The molecule has 1 amide bonds. The van der Waals surface area contributed by atoms with Crippen molar-refractivity contribution in [1.82, 2.24) is 14.9 Å². The van der Waals surface area contributed by atoms with Crippen molar-refractivity contribution < 1.29 is 23.6 Å². The molecule has 1 aliphatic rings. The van der Waals surface area contributed by atoms with Gasteiger partial charge >= 0.3 is 5.97 Å². The van der Waals surface area contributed by atoms with Gasteiger partial charge in [-0.2, -0.15) is 9.78 Å². The molecular weight excluding hydrogens is 460 g/mol. The molecule has 1 N–H and O–H groups in total. The van der Waals surface area contributed by atoms with E-state index in [0.717, 1.165) is 28.9 Å². The van der Waals surface area contributed by atoms with E-state index >= 15 is 0 Å². The highest BCUT2D eigenvalue weighted by Crippen LogP contribution is 2.40. The molecule has 3 aromatic heterocycles. The van der Waals surface area contributed by atoms with Gasteiger partial charge in [0.25, 0.3) is 11.5 Å². The molecule has 5 rings (SSSR count). The van der Waals surface area contributed by atoms with Crippen LogP contribution in [0.25, 0.3) is 16.5 Å². The number of thiophene rings is 1. The number of amides is 1. The van der Waals surface area contributed by atoms with E-state index in [1.165, 1.54) is 7.11 Å². The molecule has 0 unspecified atom stereocenters. The van der Waals surface area contributed by atoms with Crippen molar-refractivity contribution in [2.75, 3.05) is 19.0 Å². The molecule has 0 saturated heterocycles. The van der Waals surface area contributed by atoms with E-state index in [9.17, 15) is 14.4 Å². The van der Waals surface area contributed by atoms with E-state index in [0.29, 0.717) is 28.5 Å². The molecule has 10 nitrogen and oxygen atoms in total. The summed E-state index contributed by atoms with van der Waals surface area (Å²) >= 11 is 1.11. The standard InChI is InChI=1S/C23H20N4O6S/c1-3-32-23(30)19-15-11-34-21(24-20(28)16-10-17(33-26-16)12-7-8-12)18(15)22(29)27(25-19)13-5-4-6-14(9-13)31-2/h4-6,9-12H,3,7-8H2,1-2H3,(H,24,28). The van der Waals surface area contributed by atoms with Gasteiger partial charge in [-0.1, -0.05) is 11.2 Å². The van der Waals surface area contributed by atoms with E-state index < -0.39 is 17.4 Å². The third kappa shape index (κ3) is 3.94. The van der Waals surface area contributed by atoms with Crippen molar-refractivity contribution in [3.05, 3.63) is 63.2 Å². The molecule has 11 heteroatoms. The first-order chi connectivity index (χ1) is 16.5. The minimum absolute atomic E-state index is 0.0338. The van der Waals surface area contributed by atoms with Crippen LogP contribution in [0.2, 0.25) is 0 Å². The van der Waals surface area contributed by atoms with Crippen LogP contribution in [-0.2, 0) is 4.74 Å². The molecule has 1 fully saturated rings.